The number of esters is 1. The van der Waals surface area contributed by atoms with Gasteiger partial charge in [-0.15, -0.1) is 0 Å². The van der Waals surface area contributed by atoms with E-state index in [2.05, 4.69) is 11.0 Å². The van der Waals surface area contributed by atoms with Crippen molar-refractivity contribution < 1.29 is 22.7 Å². The highest BCUT2D eigenvalue weighted by molar-refractivity contribution is 7.90. The summed E-state index contributed by atoms with van der Waals surface area (Å²) in [4.78, 5) is 21.5. The van der Waals surface area contributed by atoms with E-state index in [1.54, 1.807) is 0 Å². The molecule has 0 N–H and O–H groups in total. The molecule has 0 aromatic heterocycles. The van der Waals surface area contributed by atoms with Gasteiger partial charge >= 0.3 is 5.97 Å². The van der Waals surface area contributed by atoms with Gasteiger partial charge in [0, 0.05) is 0 Å². The number of sulfonamides is 1. The van der Waals surface area contributed by atoms with Crippen LogP contribution < -0.4 is 0 Å². The lowest BCUT2D eigenvalue weighted by Crippen LogP contribution is -2.10. The lowest BCUT2D eigenvalue weighted by atomic mass is 10.1. The van der Waals surface area contributed by atoms with Crippen molar-refractivity contribution in [2.24, 2.45) is 4.40 Å². The molecule has 0 spiro atoms. The zero-order chi connectivity index (χ0) is 14.5. The van der Waals surface area contributed by atoms with E-state index < -0.39 is 16.0 Å². The normalized spacial score (nSPS) is 10.4. The van der Waals surface area contributed by atoms with Gasteiger partial charge in [-0.2, -0.15) is 8.42 Å². The number of isocyanates is 1. The van der Waals surface area contributed by atoms with Gasteiger partial charge in [-0.1, -0.05) is 23.1 Å². The van der Waals surface area contributed by atoms with Crippen LogP contribution in [0.1, 0.15) is 15.9 Å². The molecule has 1 rings (SSSR count). The molecule has 19 heavy (non-hydrogen) atoms. The molecule has 0 saturated carbocycles. The largest absolute Gasteiger partial charge is 0.458 e. The van der Waals surface area contributed by atoms with Crippen LogP contribution in [-0.2, 0) is 19.6 Å². The van der Waals surface area contributed by atoms with Crippen LogP contribution in [0.2, 0.25) is 0 Å². The number of carbonyl (C=O) groups is 1. The Balaban J connectivity index is 3.30. The average Bonchev–Trinajstić information content (AvgIpc) is 2.35. The summed E-state index contributed by atoms with van der Waals surface area (Å²) in [6, 6.07) is 4.03. The maximum absolute atomic E-state index is 11.7. The molecule has 0 atom stereocenters. The molecule has 0 saturated heterocycles. The van der Waals surface area contributed by atoms with Crippen LogP contribution in [0.15, 0.2) is 40.1 Å². The maximum Gasteiger partial charge on any atom is 0.338 e. The van der Waals surface area contributed by atoms with Crippen molar-refractivity contribution in [2.75, 3.05) is 6.61 Å². The van der Waals surface area contributed by atoms with E-state index in [1.165, 1.54) is 31.2 Å². The van der Waals surface area contributed by atoms with Crippen LogP contribution in [0.5, 0.6) is 0 Å². The van der Waals surface area contributed by atoms with Crippen LogP contribution in [-0.4, -0.2) is 27.1 Å². The van der Waals surface area contributed by atoms with E-state index in [-0.39, 0.29) is 22.6 Å². The SMILES string of the molecule is C=CCOC(=O)c1cccc(S(=O)(=O)N=C=O)c1C. The second-order valence-electron chi connectivity index (χ2n) is 3.47. The first-order chi connectivity index (χ1) is 8.94. The molecule has 0 aliphatic rings. The molecule has 1 aromatic rings. The Kier molecular flexibility index (Phi) is 4.74. The van der Waals surface area contributed by atoms with E-state index in [4.69, 9.17) is 4.74 Å². The molecule has 0 bridgehead atoms. The van der Waals surface area contributed by atoms with Crippen LogP contribution in [0.25, 0.3) is 0 Å². The number of benzene rings is 1. The molecule has 0 aliphatic heterocycles. The number of hydrogen-bond donors (Lipinski definition) is 0. The third kappa shape index (κ3) is 3.37. The minimum Gasteiger partial charge on any atom is -0.458 e. The highest BCUT2D eigenvalue weighted by Gasteiger charge is 2.20. The molecule has 7 heteroatoms. The molecule has 0 aliphatic carbocycles. The smallest absolute Gasteiger partial charge is 0.338 e. The van der Waals surface area contributed by atoms with Gasteiger partial charge in [0.1, 0.15) is 6.61 Å². The molecule has 1 aromatic carbocycles. The first-order valence-corrected chi connectivity index (χ1v) is 6.60. The van der Waals surface area contributed by atoms with Crippen molar-refractivity contribution in [3.8, 4) is 0 Å². The van der Waals surface area contributed by atoms with Crippen molar-refractivity contribution in [1.29, 1.82) is 0 Å². The number of rotatable bonds is 5. The second-order valence-corrected chi connectivity index (χ2v) is 5.05. The summed E-state index contributed by atoms with van der Waals surface area (Å²) in [5, 5.41) is 0. The lowest BCUT2D eigenvalue weighted by molar-refractivity contribution is 0.0548. The van der Waals surface area contributed by atoms with Crippen LogP contribution in [0.3, 0.4) is 0 Å². The molecule has 100 valence electrons. The summed E-state index contributed by atoms with van der Waals surface area (Å²) < 4.78 is 30.9. The van der Waals surface area contributed by atoms with Crippen LogP contribution in [0.4, 0.5) is 0 Å². The minimum absolute atomic E-state index is 0.0156. The van der Waals surface area contributed by atoms with Crippen molar-refractivity contribution in [3.05, 3.63) is 42.0 Å². The topological polar surface area (TPSA) is 89.9 Å². The molecule has 0 fully saturated rings. The third-order valence-corrected chi connectivity index (χ3v) is 3.58. The van der Waals surface area contributed by atoms with Crippen LogP contribution >= 0.6 is 0 Å². The summed E-state index contributed by atoms with van der Waals surface area (Å²) in [6.45, 7) is 4.84. The first-order valence-electron chi connectivity index (χ1n) is 5.16. The van der Waals surface area contributed by atoms with Gasteiger partial charge in [0.25, 0.3) is 16.1 Å². The fourth-order valence-corrected chi connectivity index (χ4v) is 2.37. The first kappa shape index (κ1) is 14.8. The van der Waals surface area contributed by atoms with Crippen molar-refractivity contribution in [2.45, 2.75) is 11.8 Å². The summed E-state index contributed by atoms with van der Waals surface area (Å²) in [5.41, 5.74) is 0.250. The van der Waals surface area contributed by atoms with Gasteiger partial charge in [0.15, 0.2) is 0 Å². The lowest BCUT2D eigenvalue weighted by Gasteiger charge is -2.08. The zero-order valence-corrected chi connectivity index (χ0v) is 10.9. The number of carbonyl (C=O) groups excluding carboxylic acids is 2. The summed E-state index contributed by atoms with van der Waals surface area (Å²) in [7, 11) is -4.14. The Morgan fingerprint density at radius 1 is 1.53 bits per heavy atom. The fourth-order valence-electron chi connectivity index (χ4n) is 1.43. The number of nitrogens with zero attached hydrogens (tertiary/aromatic N) is 1. The Bertz CT molecular complexity index is 657. The molecule has 0 amide bonds. The maximum atomic E-state index is 11.7. The van der Waals surface area contributed by atoms with E-state index >= 15 is 0 Å². The highest BCUT2D eigenvalue weighted by Crippen LogP contribution is 2.21. The Hall–Kier alpha value is -2.24. The van der Waals surface area contributed by atoms with Crippen molar-refractivity contribution in [1.82, 2.24) is 0 Å². The van der Waals surface area contributed by atoms with Gasteiger partial charge < -0.3 is 4.74 Å². The van der Waals surface area contributed by atoms with Crippen LogP contribution in [0, 0.1) is 6.92 Å². The van der Waals surface area contributed by atoms with Gasteiger partial charge in [0.05, 0.1) is 10.5 Å². The molecule has 0 heterocycles. The van der Waals surface area contributed by atoms with E-state index in [1.807, 2.05) is 0 Å². The van der Waals surface area contributed by atoms with Gasteiger partial charge in [-0.05, 0) is 24.6 Å². The van der Waals surface area contributed by atoms with Gasteiger partial charge in [-0.25, -0.2) is 9.59 Å². The predicted octanol–water partition coefficient (Wildman–Crippen LogP) is 1.36. The van der Waals surface area contributed by atoms with E-state index in [9.17, 15) is 18.0 Å². The van der Waals surface area contributed by atoms with Gasteiger partial charge in [0.2, 0.25) is 0 Å². The quantitative estimate of drug-likeness (QED) is 0.352. The summed E-state index contributed by atoms with van der Waals surface area (Å²) >= 11 is 0. The molecular weight excluding hydrogens is 270 g/mol. The summed E-state index contributed by atoms with van der Waals surface area (Å²) in [6.07, 6.45) is 2.37. The monoisotopic (exact) mass is 281 g/mol. The van der Waals surface area contributed by atoms with E-state index in [0.29, 0.717) is 0 Å². The number of hydrogen-bond acceptors (Lipinski definition) is 5. The average molecular weight is 281 g/mol. The standard InChI is InChI=1S/C12H11NO5S/c1-3-7-18-12(15)10-5-4-6-11(9(10)2)19(16,17)13-8-14/h3-6H,1,7H2,2H3. The Morgan fingerprint density at radius 2 is 2.21 bits per heavy atom. The number of ether oxygens (including phenoxy) is 1. The zero-order valence-electron chi connectivity index (χ0n) is 10.1. The van der Waals surface area contributed by atoms with Gasteiger partial charge in [-0.3, -0.25) is 0 Å². The molecule has 6 nitrogen and oxygen atoms in total. The predicted molar refractivity (Wildman–Crippen MR) is 67.0 cm³/mol. The minimum atomic E-state index is -4.14. The van der Waals surface area contributed by atoms with Crippen molar-refractivity contribution in [3.63, 3.8) is 0 Å². The molecule has 0 radical (unpaired) electrons. The fraction of sp³-hybridized carbons (Fsp3) is 0.167. The third-order valence-electron chi connectivity index (χ3n) is 2.27. The molecule has 0 unspecified atom stereocenters. The Labute approximate surface area is 110 Å². The molecular formula is C12H11NO5S. The van der Waals surface area contributed by atoms with Crippen molar-refractivity contribution >= 4 is 22.1 Å². The van der Waals surface area contributed by atoms with E-state index in [0.717, 1.165) is 6.08 Å². The highest BCUT2D eigenvalue weighted by atomic mass is 32.2. The Morgan fingerprint density at radius 3 is 2.79 bits per heavy atom. The summed E-state index contributed by atoms with van der Waals surface area (Å²) in [5.74, 6) is -0.676. The second kappa shape index (κ2) is 6.08.